The zero-order chi connectivity index (χ0) is 28.8. The second-order valence-electron chi connectivity index (χ2n) is 11.9. The highest BCUT2D eigenvalue weighted by atomic mass is 16.3. The zero-order valence-electron chi connectivity index (χ0n) is 23.9. The molecular weight excluding hydrogens is 536 g/mol. The minimum absolute atomic E-state index is 0.868. The van der Waals surface area contributed by atoms with Crippen molar-refractivity contribution in [2.75, 3.05) is 0 Å². The number of rotatable bonds is 2. The molecular formula is C42H26O2. The van der Waals surface area contributed by atoms with Gasteiger partial charge in [0.1, 0.15) is 22.3 Å². The Hall–Kier alpha value is -5.60. The third-order valence-corrected chi connectivity index (χ3v) is 9.51. The summed E-state index contributed by atoms with van der Waals surface area (Å²) in [4.78, 5) is 0. The van der Waals surface area contributed by atoms with Gasteiger partial charge in [-0.05, 0) is 80.2 Å². The molecule has 0 radical (unpaired) electrons. The zero-order valence-corrected chi connectivity index (χ0v) is 23.9. The van der Waals surface area contributed by atoms with Crippen molar-refractivity contribution >= 4 is 81.8 Å². The maximum absolute atomic E-state index is 6.80. The highest BCUT2D eigenvalue weighted by Gasteiger charge is 2.22. The van der Waals surface area contributed by atoms with E-state index in [2.05, 4.69) is 127 Å². The summed E-state index contributed by atoms with van der Waals surface area (Å²) in [5.74, 6) is 0. The van der Waals surface area contributed by atoms with Gasteiger partial charge in [0.05, 0.1) is 5.39 Å². The van der Waals surface area contributed by atoms with E-state index in [4.69, 9.17) is 8.83 Å². The quantitative estimate of drug-likeness (QED) is 0.196. The molecule has 44 heavy (non-hydrogen) atoms. The lowest BCUT2D eigenvalue weighted by Gasteiger charge is -2.20. The van der Waals surface area contributed by atoms with Gasteiger partial charge in [0.25, 0.3) is 0 Å². The first-order chi connectivity index (χ1) is 21.8. The number of hydrogen-bond acceptors (Lipinski definition) is 2. The van der Waals surface area contributed by atoms with E-state index in [9.17, 15) is 0 Å². The molecule has 0 N–H and O–H groups in total. The van der Waals surface area contributed by atoms with E-state index in [1.807, 2.05) is 6.07 Å². The van der Waals surface area contributed by atoms with Crippen LogP contribution in [0.3, 0.4) is 0 Å². The Morgan fingerprint density at radius 3 is 1.75 bits per heavy atom. The number of furan rings is 2. The molecule has 10 rings (SSSR count). The summed E-state index contributed by atoms with van der Waals surface area (Å²) in [6, 6.07) is 41.3. The Balaban J connectivity index is 1.31. The first kappa shape index (κ1) is 23.9. The van der Waals surface area contributed by atoms with E-state index >= 15 is 0 Å². The first-order valence-electron chi connectivity index (χ1n) is 15.3. The van der Waals surface area contributed by atoms with E-state index in [0.29, 0.717) is 0 Å². The normalized spacial score (nSPS) is 13.8. The van der Waals surface area contributed by atoms with Crippen molar-refractivity contribution in [3.05, 3.63) is 139 Å². The van der Waals surface area contributed by atoms with Crippen LogP contribution in [0.25, 0.3) is 92.9 Å². The molecule has 0 aliphatic heterocycles. The SMILES string of the molecule is C1=CCCC(c2c3ccccc3c(-c3ccc4c(c3)oc3c5ccccc5c5c6ccccc6oc5c43)c3ccccc23)=C1. The molecule has 0 atom stereocenters. The molecule has 2 nitrogen and oxygen atoms in total. The Kier molecular flexibility index (Phi) is 4.86. The van der Waals surface area contributed by atoms with Gasteiger partial charge in [-0.2, -0.15) is 0 Å². The molecule has 0 unspecified atom stereocenters. The summed E-state index contributed by atoms with van der Waals surface area (Å²) in [7, 11) is 0. The fraction of sp³-hybridized carbons (Fsp3) is 0.0476. The van der Waals surface area contributed by atoms with Crippen LogP contribution in [0.5, 0.6) is 0 Å². The number of allylic oxidation sites excluding steroid dienone is 4. The topological polar surface area (TPSA) is 26.3 Å². The Labute approximate surface area is 253 Å². The number of benzene rings is 7. The molecule has 1 aliphatic carbocycles. The van der Waals surface area contributed by atoms with Crippen molar-refractivity contribution in [3.63, 3.8) is 0 Å². The molecule has 0 fully saturated rings. The van der Waals surface area contributed by atoms with Gasteiger partial charge < -0.3 is 8.83 Å². The predicted octanol–water partition coefficient (Wildman–Crippen LogP) is 12.3. The van der Waals surface area contributed by atoms with Crippen LogP contribution in [0, 0.1) is 0 Å². The molecule has 9 aromatic rings. The fourth-order valence-corrected chi connectivity index (χ4v) is 7.65. The molecule has 1 aliphatic rings. The van der Waals surface area contributed by atoms with Crippen LogP contribution >= 0.6 is 0 Å². The van der Waals surface area contributed by atoms with Crippen LogP contribution in [0.1, 0.15) is 18.4 Å². The lowest BCUT2D eigenvalue weighted by atomic mass is 9.84. The minimum atomic E-state index is 0.868. The maximum atomic E-state index is 6.80. The van der Waals surface area contributed by atoms with Crippen molar-refractivity contribution in [3.8, 4) is 11.1 Å². The van der Waals surface area contributed by atoms with Gasteiger partial charge in [-0.3, -0.25) is 0 Å². The Bertz CT molecular complexity index is 2650. The van der Waals surface area contributed by atoms with Gasteiger partial charge >= 0.3 is 0 Å². The van der Waals surface area contributed by atoms with E-state index in [1.165, 1.54) is 38.2 Å². The molecule has 0 amide bonds. The summed E-state index contributed by atoms with van der Waals surface area (Å²) in [6.07, 6.45) is 8.88. The molecule has 2 heteroatoms. The molecule has 7 aromatic carbocycles. The van der Waals surface area contributed by atoms with E-state index in [-0.39, 0.29) is 0 Å². The van der Waals surface area contributed by atoms with Crippen LogP contribution in [0.15, 0.2) is 142 Å². The highest BCUT2D eigenvalue weighted by Crippen LogP contribution is 2.47. The molecule has 2 aromatic heterocycles. The predicted molar refractivity (Wildman–Crippen MR) is 185 cm³/mol. The summed E-state index contributed by atoms with van der Waals surface area (Å²) in [5, 5.41) is 11.8. The van der Waals surface area contributed by atoms with Crippen molar-refractivity contribution in [2.45, 2.75) is 12.8 Å². The third kappa shape index (κ3) is 3.20. The molecule has 206 valence electrons. The van der Waals surface area contributed by atoms with Gasteiger partial charge in [-0.25, -0.2) is 0 Å². The largest absolute Gasteiger partial charge is 0.455 e. The second-order valence-corrected chi connectivity index (χ2v) is 11.9. The van der Waals surface area contributed by atoms with Crippen molar-refractivity contribution in [2.24, 2.45) is 0 Å². The lowest BCUT2D eigenvalue weighted by molar-refractivity contribution is 0.665. The molecule has 0 bridgehead atoms. The summed E-state index contributed by atoms with van der Waals surface area (Å²) < 4.78 is 13.4. The standard InChI is InChI=1S/C42H26O2/c1-2-12-25(13-3-1)37-27-14-4-6-16-29(27)38(30-17-7-5-15-28(30)37)26-22-23-34-36(24-26)44-41-32-19-9-8-18-31(32)39-33-20-10-11-21-35(33)43-42(39)40(34)41/h1-2,4-12,14-24H,3,13H2. The van der Waals surface area contributed by atoms with Gasteiger partial charge in [0, 0.05) is 21.5 Å². The van der Waals surface area contributed by atoms with Crippen molar-refractivity contribution in [1.82, 2.24) is 0 Å². The number of para-hydroxylation sites is 1. The lowest BCUT2D eigenvalue weighted by Crippen LogP contribution is -1.95. The van der Waals surface area contributed by atoms with Crippen molar-refractivity contribution < 1.29 is 8.83 Å². The van der Waals surface area contributed by atoms with E-state index < -0.39 is 0 Å². The summed E-state index contributed by atoms with van der Waals surface area (Å²) in [6.45, 7) is 0. The molecule has 0 saturated carbocycles. The van der Waals surface area contributed by atoms with Crippen LogP contribution in [-0.4, -0.2) is 0 Å². The van der Waals surface area contributed by atoms with Crippen LogP contribution in [0.4, 0.5) is 0 Å². The first-order valence-corrected chi connectivity index (χ1v) is 15.3. The average molecular weight is 563 g/mol. The van der Waals surface area contributed by atoms with Crippen LogP contribution < -0.4 is 0 Å². The van der Waals surface area contributed by atoms with E-state index in [1.54, 1.807) is 0 Å². The molecule has 0 saturated heterocycles. The molecule has 2 heterocycles. The second kappa shape index (κ2) is 8.95. The smallest absolute Gasteiger partial charge is 0.147 e. The van der Waals surface area contributed by atoms with Gasteiger partial charge in [-0.15, -0.1) is 0 Å². The Morgan fingerprint density at radius 2 is 1.05 bits per heavy atom. The third-order valence-electron chi connectivity index (χ3n) is 9.51. The minimum Gasteiger partial charge on any atom is -0.455 e. The van der Waals surface area contributed by atoms with Crippen LogP contribution in [0.2, 0.25) is 0 Å². The van der Waals surface area contributed by atoms with Gasteiger partial charge in [-0.1, -0.05) is 115 Å². The maximum Gasteiger partial charge on any atom is 0.147 e. The average Bonchev–Trinajstić information content (AvgIpc) is 3.66. The van der Waals surface area contributed by atoms with Crippen LogP contribution in [-0.2, 0) is 0 Å². The van der Waals surface area contributed by atoms with Gasteiger partial charge in [0.15, 0.2) is 0 Å². The Morgan fingerprint density at radius 1 is 0.455 bits per heavy atom. The number of hydrogen-bond donors (Lipinski definition) is 0. The fourth-order valence-electron chi connectivity index (χ4n) is 7.65. The van der Waals surface area contributed by atoms with E-state index in [0.717, 1.165) is 73.1 Å². The number of fused-ring (bicyclic) bond motifs is 12. The summed E-state index contributed by atoms with van der Waals surface area (Å²) >= 11 is 0. The molecule has 0 spiro atoms. The highest BCUT2D eigenvalue weighted by molar-refractivity contribution is 6.33. The monoisotopic (exact) mass is 562 g/mol. The van der Waals surface area contributed by atoms with Crippen molar-refractivity contribution in [1.29, 1.82) is 0 Å². The summed E-state index contributed by atoms with van der Waals surface area (Å²) in [5.41, 5.74) is 8.68. The van der Waals surface area contributed by atoms with Gasteiger partial charge in [0.2, 0.25) is 0 Å².